The van der Waals surface area contributed by atoms with Gasteiger partial charge in [-0.3, -0.25) is 4.79 Å². The third-order valence-electron chi connectivity index (χ3n) is 4.59. The van der Waals surface area contributed by atoms with Crippen molar-refractivity contribution >= 4 is 30.7 Å². The van der Waals surface area contributed by atoms with Crippen LogP contribution in [-0.2, 0) is 4.79 Å². The van der Waals surface area contributed by atoms with Crippen LogP contribution in [0.1, 0.15) is 37.3 Å². The lowest BCUT2D eigenvalue weighted by Crippen LogP contribution is -2.41. The van der Waals surface area contributed by atoms with Crippen LogP contribution in [0, 0.1) is 5.92 Å². The average Bonchev–Trinajstić information content (AvgIpc) is 3.22. The molecule has 0 bridgehead atoms. The van der Waals surface area contributed by atoms with Gasteiger partial charge in [0.1, 0.15) is 0 Å². The number of rotatable bonds is 8. The molecule has 1 saturated carbocycles. The Bertz CT molecular complexity index is 476. The lowest BCUT2D eigenvalue weighted by Gasteiger charge is -2.25. The van der Waals surface area contributed by atoms with E-state index in [4.69, 9.17) is 0 Å². The van der Waals surface area contributed by atoms with E-state index in [2.05, 4.69) is 27.7 Å². The molecule has 1 aromatic carbocycles. The van der Waals surface area contributed by atoms with E-state index < -0.39 is 0 Å². The second-order valence-electron chi connectivity index (χ2n) is 6.61. The van der Waals surface area contributed by atoms with E-state index in [1.54, 1.807) is 0 Å². The number of benzene rings is 1. The number of carbonyl (C=O) groups is 1. The second-order valence-corrected chi connectivity index (χ2v) is 6.61. The molecule has 1 saturated heterocycles. The van der Waals surface area contributed by atoms with Crippen molar-refractivity contribution in [2.24, 2.45) is 5.92 Å². The summed E-state index contributed by atoms with van der Waals surface area (Å²) in [7, 11) is 0. The highest BCUT2D eigenvalue weighted by Gasteiger charge is 2.22. The third kappa shape index (κ3) is 6.98. The van der Waals surface area contributed by atoms with E-state index in [0.29, 0.717) is 6.54 Å². The summed E-state index contributed by atoms with van der Waals surface area (Å²) in [6.07, 6.45) is 5.18. The number of nitrogens with one attached hydrogen (secondary N) is 2. The summed E-state index contributed by atoms with van der Waals surface area (Å²) in [5.41, 5.74) is 1.20. The zero-order valence-electron chi connectivity index (χ0n) is 14.1. The summed E-state index contributed by atoms with van der Waals surface area (Å²) in [5.74, 6) is 0.913. The second kappa shape index (κ2) is 10.9. The summed E-state index contributed by atoms with van der Waals surface area (Å²) in [4.78, 5) is 14.7. The average molecular weight is 374 g/mol. The third-order valence-corrected chi connectivity index (χ3v) is 4.59. The maximum atomic E-state index is 12.2. The van der Waals surface area contributed by atoms with Crippen LogP contribution in [0.5, 0.6) is 0 Å². The van der Waals surface area contributed by atoms with Crippen LogP contribution in [-0.4, -0.2) is 43.5 Å². The van der Waals surface area contributed by atoms with Gasteiger partial charge in [0.25, 0.3) is 0 Å². The molecule has 136 valence electrons. The standard InChI is InChI=1S/C18H27N3O.2ClH/c22-18(13-19-12-15-8-9-15)20-17(14-21-10-4-5-11-21)16-6-2-1-3-7-16;;/h1-3,6-7,15,17,19H,4-5,8-14H2,(H,20,22);2*1H. The molecule has 24 heavy (non-hydrogen) atoms. The van der Waals surface area contributed by atoms with E-state index in [0.717, 1.165) is 32.1 Å². The number of amides is 1. The first-order valence-corrected chi connectivity index (χ1v) is 8.58. The minimum Gasteiger partial charge on any atom is -0.347 e. The van der Waals surface area contributed by atoms with Crippen molar-refractivity contribution in [3.63, 3.8) is 0 Å². The molecular formula is C18H29Cl2N3O. The highest BCUT2D eigenvalue weighted by molar-refractivity contribution is 5.85. The van der Waals surface area contributed by atoms with Crippen molar-refractivity contribution < 1.29 is 4.79 Å². The van der Waals surface area contributed by atoms with Gasteiger partial charge in [-0.05, 0) is 56.8 Å². The molecule has 1 amide bonds. The Morgan fingerprint density at radius 1 is 1.12 bits per heavy atom. The smallest absolute Gasteiger partial charge is 0.234 e. The fraction of sp³-hybridized carbons (Fsp3) is 0.611. The Morgan fingerprint density at radius 2 is 1.79 bits per heavy atom. The molecule has 1 heterocycles. The number of hydrogen-bond donors (Lipinski definition) is 2. The van der Waals surface area contributed by atoms with Gasteiger partial charge in [0.05, 0.1) is 12.6 Å². The van der Waals surface area contributed by atoms with Crippen molar-refractivity contribution in [2.45, 2.75) is 31.7 Å². The zero-order valence-corrected chi connectivity index (χ0v) is 15.7. The number of nitrogens with zero attached hydrogens (tertiary/aromatic N) is 1. The molecule has 2 fully saturated rings. The molecule has 4 nitrogen and oxygen atoms in total. The molecule has 1 aliphatic heterocycles. The van der Waals surface area contributed by atoms with Crippen LogP contribution >= 0.6 is 24.8 Å². The minimum absolute atomic E-state index is 0. The van der Waals surface area contributed by atoms with Crippen LogP contribution in [0.3, 0.4) is 0 Å². The first kappa shape index (κ1) is 21.2. The van der Waals surface area contributed by atoms with Gasteiger partial charge < -0.3 is 15.5 Å². The zero-order chi connectivity index (χ0) is 15.2. The Labute approximate surface area is 157 Å². The van der Waals surface area contributed by atoms with E-state index >= 15 is 0 Å². The Morgan fingerprint density at radius 3 is 2.42 bits per heavy atom. The number of carbonyl (C=O) groups excluding carboxylic acids is 1. The van der Waals surface area contributed by atoms with E-state index in [1.807, 2.05) is 18.2 Å². The molecule has 1 aromatic rings. The van der Waals surface area contributed by atoms with Crippen LogP contribution in [0.2, 0.25) is 0 Å². The van der Waals surface area contributed by atoms with Gasteiger partial charge in [-0.15, -0.1) is 24.8 Å². The van der Waals surface area contributed by atoms with Crippen LogP contribution < -0.4 is 10.6 Å². The summed E-state index contributed by atoms with van der Waals surface area (Å²) in [5, 5.41) is 6.48. The Kier molecular flexibility index (Phi) is 9.67. The quantitative estimate of drug-likeness (QED) is 0.736. The fourth-order valence-electron chi connectivity index (χ4n) is 3.10. The van der Waals surface area contributed by atoms with Crippen LogP contribution in [0.4, 0.5) is 0 Å². The molecule has 2 aliphatic rings. The molecule has 0 spiro atoms. The molecule has 0 aromatic heterocycles. The van der Waals surface area contributed by atoms with Gasteiger partial charge in [-0.25, -0.2) is 0 Å². The summed E-state index contributed by atoms with van der Waals surface area (Å²) in [6, 6.07) is 10.4. The monoisotopic (exact) mass is 373 g/mol. The summed E-state index contributed by atoms with van der Waals surface area (Å²) < 4.78 is 0. The molecule has 1 aliphatic carbocycles. The van der Waals surface area contributed by atoms with Crippen molar-refractivity contribution in [3.05, 3.63) is 35.9 Å². The maximum Gasteiger partial charge on any atom is 0.234 e. The van der Waals surface area contributed by atoms with Gasteiger partial charge in [0, 0.05) is 6.54 Å². The molecule has 0 radical (unpaired) electrons. The largest absolute Gasteiger partial charge is 0.347 e. The molecule has 1 unspecified atom stereocenters. The topological polar surface area (TPSA) is 44.4 Å². The minimum atomic E-state index is 0. The van der Waals surface area contributed by atoms with Crippen molar-refractivity contribution in [2.75, 3.05) is 32.7 Å². The van der Waals surface area contributed by atoms with Crippen LogP contribution in [0.25, 0.3) is 0 Å². The molecule has 2 N–H and O–H groups in total. The first-order valence-electron chi connectivity index (χ1n) is 8.58. The normalized spacial score (nSPS) is 18.3. The van der Waals surface area contributed by atoms with Gasteiger partial charge in [-0.2, -0.15) is 0 Å². The Balaban J connectivity index is 0.00000144. The molecule has 1 atom stereocenters. The van der Waals surface area contributed by atoms with Gasteiger partial charge in [0.15, 0.2) is 0 Å². The van der Waals surface area contributed by atoms with E-state index in [1.165, 1.54) is 31.2 Å². The summed E-state index contributed by atoms with van der Waals surface area (Å²) >= 11 is 0. The number of hydrogen-bond acceptors (Lipinski definition) is 3. The first-order chi connectivity index (χ1) is 10.8. The van der Waals surface area contributed by atoms with Gasteiger partial charge >= 0.3 is 0 Å². The lowest BCUT2D eigenvalue weighted by atomic mass is 10.1. The fourth-order valence-corrected chi connectivity index (χ4v) is 3.10. The predicted molar refractivity (Wildman–Crippen MR) is 103 cm³/mol. The Hall–Kier alpha value is -0.810. The lowest BCUT2D eigenvalue weighted by molar-refractivity contribution is -0.121. The molecule has 6 heteroatoms. The van der Waals surface area contributed by atoms with Crippen molar-refractivity contribution in [1.29, 1.82) is 0 Å². The van der Waals surface area contributed by atoms with E-state index in [9.17, 15) is 4.79 Å². The van der Waals surface area contributed by atoms with E-state index in [-0.39, 0.29) is 36.8 Å². The predicted octanol–water partition coefficient (Wildman–Crippen LogP) is 2.78. The van der Waals surface area contributed by atoms with Gasteiger partial charge in [-0.1, -0.05) is 30.3 Å². The van der Waals surface area contributed by atoms with Gasteiger partial charge in [0.2, 0.25) is 5.91 Å². The highest BCUT2D eigenvalue weighted by Crippen LogP contribution is 2.27. The molecule has 3 rings (SSSR count). The molecular weight excluding hydrogens is 345 g/mol. The highest BCUT2D eigenvalue weighted by atomic mass is 35.5. The van der Waals surface area contributed by atoms with Crippen LogP contribution in [0.15, 0.2) is 30.3 Å². The number of halogens is 2. The SMILES string of the molecule is Cl.Cl.O=C(CNCC1CC1)NC(CN1CCCC1)c1ccccc1. The maximum absolute atomic E-state index is 12.2. The van der Waals surface area contributed by atoms with Crippen molar-refractivity contribution in [3.8, 4) is 0 Å². The summed E-state index contributed by atoms with van der Waals surface area (Å²) in [6.45, 7) is 4.63. The van der Waals surface area contributed by atoms with Crippen molar-refractivity contribution in [1.82, 2.24) is 15.5 Å². The number of likely N-dealkylation sites (tertiary alicyclic amines) is 1.